The molecule has 0 heterocycles. The van der Waals surface area contributed by atoms with Gasteiger partial charge in [-0.3, -0.25) is 0 Å². The Bertz CT molecular complexity index is 472. The number of hydrogen-bond acceptors (Lipinski definition) is 3. The molecule has 1 atom stereocenters. The summed E-state index contributed by atoms with van der Waals surface area (Å²) in [5, 5.41) is 14.8. The molecule has 0 amide bonds. The predicted molar refractivity (Wildman–Crippen MR) is 72.5 cm³/mol. The van der Waals surface area contributed by atoms with Crippen molar-refractivity contribution in [2.75, 3.05) is 6.54 Å². The molecule has 1 aromatic rings. The molecule has 0 radical (unpaired) electrons. The van der Waals surface area contributed by atoms with E-state index in [2.05, 4.69) is 17.4 Å². The van der Waals surface area contributed by atoms with Gasteiger partial charge in [-0.25, -0.2) is 4.39 Å². The molecule has 19 heavy (non-hydrogen) atoms. The van der Waals surface area contributed by atoms with E-state index >= 15 is 0 Å². The van der Waals surface area contributed by atoms with Crippen molar-refractivity contribution in [1.29, 1.82) is 0 Å². The maximum Gasteiger partial charge on any atom is 0.170 e. The van der Waals surface area contributed by atoms with Crippen LogP contribution in [0, 0.1) is 17.7 Å². The summed E-state index contributed by atoms with van der Waals surface area (Å²) in [5.74, 6) is 1.06. The number of rotatable bonds is 6. The van der Waals surface area contributed by atoms with Crippen molar-refractivity contribution in [1.82, 2.24) is 5.32 Å². The molecule has 1 fully saturated rings. The van der Waals surface area contributed by atoms with E-state index in [1.807, 2.05) is 0 Å². The molecule has 4 nitrogen and oxygen atoms in total. The van der Waals surface area contributed by atoms with Gasteiger partial charge in [-0.1, -0.05) is 12.1 Å². The molecule has 0 spiro atoms. The molecule has 104 valence electrons. The number of benzene rings is 1. The Morgan fingerprint density at radius 3 is 2.89 bits per heavy atom. The topological polar surface area (TPSA) is 70.6 Å². The van der Waals surface area contributed by atoms with Crippen LogP contribution in [-0.4, -0.2) is 17.6 Å². The molecule has 0 aliphatic heterocycles. The van der Waals surface area contributed by atoms with Crippen LogP contribution in [0.5, 0.6) is 0 Å². The summed E-state index contributed by atoms with van der Waals surface area (Å²) in [7, 11) is 0. The van der Waals surface area contributed by atoms with E-state index < -0.39 is 0 Å². The average Bonchev–Trinajstić information content (AvgIpc) is 3.21. The lowest BCUT2D eigenvalue weighted by Crippen LogP contribution is -2.22. The van der Waals surface area contributed by atoms with Gasteiger partial charge < -0.3 is 16.3 Å². The summed E-state index contributed by atoms with van der Waals surface area (Å²) >= 11 is 0. The van der Waals surface area contributed by atoms with Crippen molar-refractivity contribution in [3.8, 4) is 0 Å². The number of oxime groups is 1. The molecular formula is C14H20FN3O. The fourth-order valence-electron chi connectivity index (χ4n) is 2.23. The van der Waals surface area contributed by atoms with Crippen LogP contribution in [-0.2, 0) is 6.54 Å². The van der Waals surface area contributed by atoms with Gasteiger partial charge in [0.1, 0.15) is 5.82 Å². The van der Waals surface area contributed by atoms with Gasteiger partial charge in [0, 0.05) is 12.1 Å². The van der Waals surface area contributed by atoms with E-state index in [1.54, 1.807) is 6.07 Å². The summed E-state index contributed by atoms with van der Waals surface area (Å²) < 4.78 is 13.4. The zero-order chi connectivity index (χ0) is 13.8. The van der Waals surface area contributed by atoms with Crippen LogP contribution >= 0.6 is 0 Å². The number of nitrogens with two attached hydrogens (primary N) is 1. The Balaban J connectivity index is 1.93. The molecule has 0 aromatic heterocycles. The second-order valence-corrected chi connectivity index (χ2v) is 5.28. The second-order valence-electron chi connectivity index (χ2n) is 5.28. The fraction of sp³-hybridized carbons (Fsp3) is 0.500. The first-order valence-electron chi connectivity index (χ1n) is 6.58. The minimum Gasteiger partial charge on any atom is -0.409 e. The van der Waals surface area contributed by atoms with Crippen molar-refractivity contribution >= 4 is 5.84 Å². The van der Waals surface area contributed by atoms with Gasteiger partial charge in [0.05, 0.1) is 0 Å². The maximum absolute atomic E-state index is 13.4. The van der Waals surface area contributed by atoms with E-state index in [0.717, 1.165) is 18.0 Å². The van der Waals surface area contributed by atoms with Crippen LogP contribution in [0.15, 0.2) is 23.4 Å². The lowest BCUT2D eigenvalue weighted by molar-refractivity contribution is 0.318. The quantitative estimate of drug-likeness (QED) is 0.319. The molecular weight excluding hydrogens is 245 g/mol. The van der Waals surface area contributed by atoms with E-state index in [1.165, 1.54) is 25.0 Å². The summed E-state index contributed by atoms with van der Waals surface area (Å²) in [4.78, 5) is 0. The SMILES string of the molecule is CC(CNCc1cc(F)cc(/C(N)=N/O)c1)C1CC1. The summed E-state index contributed by atoms with van der Waals surface area (Å²) in [5.41, 5.74) is 6.66. The third-order valence-corrected chi connectivity index (χ3v) is 3.58. The molecule has 1 saturated carbocycles. The third-order valence-electron chi connectivity index (χ3n) is 3.58. The van der Waals surface area contributed by atoms with Crippen LogP contribution in [0.3, 0.4) is 0 Å². The van der Waals surface area contributed by atoms with Crippen LogP contribution < -0.4 is 11.1 Å². The zero-order valence-corrected chi connectivity index (χ0v) is 11.1. The van der Waals surface area contributed by atoms with Crippen molar-refractivity contribution in [2.45, 2.75) is 26.3 Å². The van der Waals surface area contributed by atoms with Gasteiger partial charge in [-0.2, -0.15) is 0 Å². The van der Waals surface area contributed by atoms with E-state index in [-0.39, 0.29) is 11.7 Å². The normalized spacial score (nSPS) is 17.5. The molecule has 2 rings (SSSR count). The third kappa shape index (κ3) is 3.92. The first-order valence-corrected chi connectivity index (χ1v) is 6.58. The highest BCUT2D eigenvalue weighted by Gasteiger charge is 2.27. The van der Waals surface area contributed by atoms with Crippen molar-refractivity contribution in [3.05, 3.63) is 35.1 Å². The second kappa shape index (κ2) is 6.02. The smallest absolute Gasteiger partial charge is 0.170 e. The monoisotopic (exact) mass is 265 g/mol. The highest BCUT2D eigenvalue weighted by molar-refractivity contribution is 5.97. The standard InChI is InChI=1S/C14H20FN3O/c1-9(11-2-3-11)7-17-8-10-4-12(14(16)18-19)6-13(15)5-10/h4-6,9,11,17,19H,2-3,7-8H2,1H3,(H2,16,18). The molecule has 0 saturated heterocycles. The van der Waals surface area contributed by atoms with Gasteiger partial charge in [0.25, 0.3) is 0 Å². The first-order chi connectivity index (χ1) is 9.10. The Kier molecular flexibility index (Phi) is 4.37. The summed E-state index contributed by atoms with van der Waals surface area (Å²) in [6.45, 7) is 3.75. The van der Waals surface area contributed by atoms with E-state index in [4.69, 9.17) is 10.9 Å². The number of nitrogens with zero attached hydrogens (tertiary/aromatic N) is 1. The number of hydrogen-bond donors (Lipinski definition) is 3. The average molecular weight is 265 g/mol. The minimum atomic E-state index is -0.379. The fourth-order valence-corrected chi connectivity index (χ4v) is 2.23. The van der Waals surface area contributed by atoms with Crippen LogP contribution in [0.25, 0.3) is 0 Å². The highest BCUT2D eigenvalue weighted by atomic mass is 19.1. The van der Waals surface area contributed by atoms with Gasteiger partial charge in [0.15, 0.2) is 5.84 Å². The highest BCUT2D eigenvalue weighted by Crippen LogP contribution is 2.36. The van der Waals surface area contributed by atoms with Gasteiger partial charge in [0.2, 0.25) is 0 Å². The molecule has 1 unspecified atom stereocenters. The molecule has 4 N–H and O–H groups in total. The molecule has 0 bridgehead atoms. The Morgan fingerprint density at radius 2 is 2.26 bits per heavy atom. The number of amidine groups is 1. The van der Waals surface area contributed by atoms with Crippen LogP contribution in [0.2, 0.25) is 0 Å². The molecule has 1 aliphatic carbocycles. The van der Waals surface area contributed by atoms with Gasteiger partial charge >= 0.3 is 0 Å². The minimum absolute atomic E-state index is 0.0768. The van der Waals surface area contributed by atoms with Gasteiger partial charge in [-0.05, 0) is 55.0 Å². The Labute approximate surface area is 112 Å². The van der Waals surface area contributed by atoms with Crippen molar-refractivity contribution < 1.29 is 9.60 Å². The Hall–Kier alpha value is -1.62. The van der Waals surface area contributed by atoms with Crippen LogP contribution in [0.4, 0.5) is 4.39 Å². The first kappa shape index (κ1) is 13.8. The lowest BCUT2D eigenvalue weighted by atomic mass is 10.1. The van der Waals surface area contributed by atoms with Gasteiger partial charge in [-0.15, -0.1) is 0 Å². The van der Waals surface area contributed by atoms with Crippen molar-refractivity contribution in [2.24, 2.45) is 22.7 Å². The van der Waals surface area contributed by atoms with Crippen LogP contribution in [0.1, 0.15) is 30.9 Å². The van der Waals surface area contributed by atoms with E-state index in [9.17, 15) is 4.39 Å². The van der Waals surface area contributed by atoms with Crippen molar-refractivity contribution in [3.63, 3.8) is 0 Å². The number of halogens is 1. The maximum atomic E-state index is 13.4. The Morgan fingerprint density at radius 1 is 1.53 bits per heavy atom. The zero-order valence-electron chi connectivity index (χ0n) is 11.1. The summed E-state index contributed by atoms with van der Waals surface area (Å²) in [6.07, 6.45) is 2.66. The molecule has 5 heteroatoms. The van der Waals surface area contributed by atoms with E-state index in [0.29, 0.717) is 18.0 Å². The predicted octanol–water partition coefficient (Wildman–Crippen LogP) is 2.06. The lowest BCUT2D eigenvalue weighted by Gasteiger charge is -2.12. The molecule has 1 aromatic carbocycles. The molecule has 1 aliphatic rings. The number of nitrogens with one attached hydrogen (secondary N) is 1. The summed E-state index contributed by atoms with van der Waals surface area (Å²) in [6, 6.07) is 4.45. The largest absolute Gasteiger partial charge is 0.409 e.